The van der Waals surface area contributed by atoms with E-state index in [1.54, 1.807) is 37.8 Å². The van der Waals surface area contributed by atoms with Crippen molar-refractivity contribution in [3.63, 3.8) is 0 Å². The lowest BCUT2D eigenvalue weighted by Gasteiger charge is -2.29. The highest BCUT2D eigenvalue weighted by Gasteiger charge is 2.27. The average Bonchev–Trinajstić information content (AvgIpc) is 3.24. The number of hydrogen-bond acceptors (Lipinski definition) is 6. The molecule has 2 atom stereocenters. The van der Waals surface area contributed by atoms with Crippen LogP contribution in [0.4, 0.5) is 5.69 Å². The Kier molecular flexibility index (Phi) is 7.89. The number of amidine groups is 2. The normalized spacial score (nSPS) is 17.2. The number of furan rings is 1. The Bertz CT molecular complexity index is 1040. The molecule has 2 aromatic rings. The van der Waals surface area contributed by atoms with Crippen molar-refractivity contribution in [2.75, 3.05) is 18.6 Å². The SMILES string of the molecule is C[C@H](NC1=NS(=O)N=C1Nc1cccc(P(C)(C)=O)c1O)C(C)(C)C.Cc1ccco1. The molecular weight excluding hydrogens is 435 g/mol. The fourth-order valence-electron chi connectivity index (χ4n) is 2.42. The van der Waals surface area contributed by atoms with Crippen LogP contribution in [0.15, 0.2) is 49.8 Å². The second-order valence-corrected chi connectivity index (χ2v) is 12.7. The molecule has 1 aliphatic heterocycles. The predicted molar refractivity (Wildman–Crippen MR) is 129 cm³/mol. The molecule has 0 amide bonds. The number of anilines is 1. The molecule has 0 spiro atoms. The van der Waals surface area contributed by atoms with Gasteiger partial charge in [0.1, 0.15) is 18.7 Å². The molecule has 31 heavy (non-hydrogen) atoms. The van der Waals surface area contributed by atoms with Crippen LogP contribution < -0.4 is 15.9 Å². The number of benzene rings is 1. The van der Waals surface area contributed by atoms with Gasteiger partial charge in [0.25, 0.3) is 11.2 Å². The Morgan fingerprint density at radius 1 is 1.13 bits per heavy atom. The average molecular weight is 467 g/mol. The molecule has 3 rings (SSSR count). The Balaban J connectivity index is 0.000000488. The smallest absolute Gasteiger partial charge is 0.269 e. The van der Waals surface area contributed by atoms with Crippen LogP contribution in [0.5, 0.6) is 5.75 Å². The highest BCUT2D eigenvalue weighted by molar-refractivity contribution is 7.83. The van der Waals surface area contributed by atoms with Crippen LogP contribution in [-0.2, 0) is 15.7 Å². The molecule has 0 bridgehead atoms. The van der Waals surface area contributed by atoms with E-state index >= 15 is 0 Å². The standard InChI is InChI=1S/C16H25N4O3PS.C5H6O/c1-10(16(2,3)4)17-14-15(20-25(23)19-14)18-11-8-7-9-12(13(11)21)24(5,6)22;1-5-3-2-4-6-5/h7-10,21H,1-6H3,(H,17,19)(H,18,20);2-4H,1H3/t10-,25?;/m0./s1. The van der Waals surface area contributed by atoms with Gasteiger partial charge in [0.05, 0.1) is 17.3 Å². The van der Waals surface area contributed by atoms with E-state index in [1.165, 1.54) is 0 Å². The Hall–Kier alpha value is -2.38. The largest absolute Gasteiger partial charge is 0.505 e. The van der Waals surface area contributed by atoms with Crippen molar-refractivity contribution in [3.8, 4) is 5.75 Å². The van der Waals surface area contributed by atoms with E-state index in [4.69, 9.17) is 4.42 Å². The summed E-state index contributed by atoms with van der Waals surface area (Å²) in [6, 6.07) is 8.81. The van der Waals surface area contributed by atoms with Gasteiger partial charge < -0.3 is 24.7 Å². The number of aromatic hydroxyl groups is 1. The molecule has 8 nitrogen and oxygen atoms in total. The molecule has 1 aliphatic rings. The maximum absolute atomic E-state index is 12.3. The summed E-state index contributed by atoms with van der Waals surface area (Å²) in [6.45, 7) is 13.3. The molecule has 0 aliphatic carbocycles. The van der Waals surface area contributed by atoms with E-state index in [2.05, 4.69) is 40.2 Å². The number of para-hydroxylation sites is 1. The monoisotopic (exact) mass is 466 g/mol. The number of aryl methyl sites for hydroxylation is 1. The molecule has 1 unspecified atom stereocenters. The van der Waals surface area contributed by atoms with Crippen molar-refractivity contribution in [3.05, 3.63) is 42.4 Å². The summed E-state index contributed by atoms with van der Waals surface area (Å²) in [5.74, 6) is 1.53. The maximum atomic E-state index is 12.3. The van der Waals surface area contributed by atoms with Crippen molar-refractivity contribution in [2.45, 2.75) is 40.7 Å². The van der Waals surface area contributed by atoms with Gasteiger partial charge in [-0.05, 0) is 56.9 Å². The van der Waals surface area contributed by atoms with Gasteiger partial charge in [-0.3, -0.25) is 0 Å². The van der Waals surface area contributed by atoms with Crippen molar-refractivity contribution in [1.29, 1.82) is 0 Å². The van der Waals surface area contributed by atoms with Crippen LogP contribution in [-0.4, -0.2) is 40.4 Å². The first-order valence-corrected chi connectivity index (χ1v) is 13.5. The van der Waals surface area contributed by atoms with Crippen molar-refractivity contribution in [2.24, 2.45) is 14.2 Å². The molecular formula is C21H31N4O4PS. The van der Waals surface area contributed by atoms with Crippen LogP contribution in [0.25, 0.3) is 0 Å². The van der Waals surface area contributed by atoms with Crippen LogP contribution in [0.2, 0.25) is 0 Å². The van der Waals surface area contributed by atoms with Gasteiger partial charge in [-0.25, -0.2) is 4.21 Å². The minimum Gasteiger partial charge on any atom is -0.505 e. The molecule has 1 aromatic heterocycles. The molecule has 0 radical (unpaired) electrons. The van der Waals surface area contributed by atoms with E-state index in [1.807, 2.05) is 26.0 Å². The first kappa shape index (κ1) is 24.9. The quantitative estimate of drug-likeness (QED) is 0.464. The van der Waals surface area contributed by atoms with Crippen LogP contribution in [0.3, 0.4) is 0 Å². The fraction of sp³-hybridized carbons (Fsp3) is 0.429. The second-order valence-electron chi connectivity index (χ2n) is 8.72. The van der Waals surface area contributed by atoms with E-state index in [9.17, 15) is 13.9 Å². The van der Waals surface area contributed by atoms with Crippen molar-refractivity contribution < 1.29 is 18.3 Å². The topological polar surface area (TPSA) is 116 Å². The van der Waals surface area contributed by atoms with E-state index in [0.717, 1.165) is 5.76 Å². The van der Waals surface area contributed by atoms with Gasteiger partial charge in [0, 0.05) is 6.04 Å². The minimum absolute atomic E-state index is 0.0309. The molecule has 170 valence electrons. The lowest BCUT2D eigenvalue weighted by molar-refractivity contribution is 0.317. The van der Waals surface area contributed by atoms with Gasteiger partial charge in [0.2, 0.25) is 0 Å². The zero-order valence-electron chi connectivity index (χ0n) is 19.0. The molecule has 0 fully saturated rings. The van der Waals surface area contributed by atoms with Crippen molar-refractivity contribution >= 4 is 41.0 Å². The molecule has 3 N–H and O–H groups in total. The Morgan fingerprint density at radius 2 is 1.77 bits per heavy atom. The summed E-state index contributed by atoms with van der Waals surface area (Å²) < 4.78 is 36.8. The number of rotatable bonds is 3. The third kappa shape index (κ3) is 7.08. The van der Waals surface area contributed by atoms with Gasteiger partial charge in [-0.1, -0.05) is 26.8 Å². The first-order valence-electron chi connectivity index (χ1n) is 9.80. The van der Waals surface area contributed by atoms with E-state index in [-0.39, 0.29) is 23.0 Å². The summed E-state index contributed by atoms with van der Waals surface area (Å²) >= 11 is -1.71. The Labute approximate surface area is 186 Å². The highest BCUT2D eigenvalue weighted by atomic mass is 32.2. The second kappa shape index (κ2) is 9.83. The molecule has 0 saturated carbocycles. The summed E-state index contributed by atoms with van der Waals surface area (Å²) in [6.07, 6.45) is 1.66. The fourth-order valence-corrected chi connectivity index (χ4v) is 4.12. The predicted octanol–water partition coefficient (Wildman–Crippen LogP) is 4.05. The number of nitrogens with one attached hydrogen (secondary N) is 2. The number of phenolic OH excluding ortho intramolecular Hbond substituents is 1. The van der Waals surface area contributed by atoms with Gasteiger partial charge >= 0.3 is 0 Å². The number of phenols is 1. The summed E-state index contributed by atoms with van der Waals surface area (Å²) in [5, 5.41) is 17.0. The van der Waals surface area contributed by atoms with Crippen LogP contribution >= 0.6 is 7.14 Å². The lowest BCUT2D eigenvalue weighted by atomic mass is 9.88. The molecule has 2 heterocycles. The zero-order valence-corrected chi connectivity index (χ0v) is 20.7. The van der Waals surface area contributed by atoms with Gasteiger partial charge in [-0.2, -0.15) is 0 Å². The van der Waals surface area contributed by atoms with E-state index < -0.39 is 18.3 Å². The summed E-state index contributed by atoms with van der Waals surface area (Å²) in [7, 11) is -2.64. The van der Waals surface area contributed by atoms with Gasteiger partial charge in [-0.15, -0.1) is 8.80 Å². The third-order valence-electron chi connectivity index (χ3n) is 4.73. The molecule has 0 saturated heterocycles. The lowest BCUT2D eigenvalue weighted by Crippen LogP contribution is -2.45. The number of hydrogen-bond donors (Lipinski definition) is 3. The van der Waals surface area contributed by atoms with Crippen molar-refractivity contribution in [1.82, 2.24) is 5.32 Å². The molecule has 1 aromatic carbocycles. The van der Waals surface area contributed by atoms with Gasteiger partial charge in [0.15, 0.2) is 11.7 Å². The minimum atomic E-state index is -2.64. The highest BCUT2D eigenvalue weighted by Crippen LogP contribution is 2.40. The maximum Gasteiger partial charge on any atom is 0.269 e. The molecule has 10 heteroatoms. The van der Waals surface area contributed by atoms with Crippen LogP contribution in [0.1, 0.15) is 33.5 Å². The summed E-state index contributed by atoms with van der Waals surface area (Å²) in [5.41, 5.74) is 0.314. The number of nitrogens with zero attached hydrogens (tertiary/aromatic N) is 2. The summed E-state index contributed by atoms with van der Waals surface area (Å²) in [4.78, 5) is 0. The first-order chi connectivity index (χ1) is 14.3. The van der Waals surface area contributed by atoms with Crippen LogP contribution in [0, 0.1) is 12.3 Å². The Morgan fingerprint density at radius 3 is 2.26 bits per heavy atom. The zero-order chi connectivity index (χ0) is 23.4. The van der Waals surface area contributed by atoms with E-state index in [0.29, 0.717) is 16.8 Å². The third-order valence-corrected chi connectivity index (χ3v) is 6.93.